The van der Waals surface area contributed by atoms with Gasteiger partial charge in [-0.15, -0.1) is 0 Å². The van der Waals surface area contributed by atoms with Crippen LogP contribution < -0.4 is 14.5 Å². The van der Waals surface area contributed by atoms with Crippen LogP contribution >= 0.6 is 0 Å². The third-order valence-electron chi connectivity index (χ3n) is 11.7. The second-order valence-corrected chi connectivity index (χ2v) is 15.3. The summed E-state index contributed by atoms with van der Waals surface area (Å²) in [4.78, 5) is 4.65. The Morgan fingerprint density at radius 3 is 1.20 bits per heavy atom. The molecular formula is C58H40N2O. The Morgan fingerprint density at radius 2 is 0.672 bits per heavy atom. The molecule has 1 heterocycles. The summed E-state index contributed by atoms with van der Waals surface area (Å²) < 4.78 is 6.96. The van der Waals surface area contributed by atoms with E-state index in [2.05, 4.69) is 252 Å². The van der Waals surface area contributed by atoms with Crippen LogP contribution in [0, 0.1) is 0 Å². The third-order valence-corrected chi connectivity index (χ3v) is 11.7. The average molecular weight is 781 g/mol. The lowest BCUT2D eigenvalue weighted by Gasteiger charge is -2.29. The number of hydrogen-bond acceptors (Lipinski definition) is 3. The molecule has 0 aromatic heterocycles. The van der Waals surface area contributed by atoms with Crippen molar-refractivity contribution in [2.45, 2.75) is 0 Å². The Balaban J connectivity index is 0.970. The molecule has 3 heteroatoms. The molecule has 0 amide bonds. The zero-order valence-electron chi connectivity index (χ0n) is 33.4. The quantitative estimate of drug-likeness (QED) is 0.145. The first kappa shape index (κ1) is 36.0. The fourth-order valence-electron chi connectivity index (χ4n) is 8.75. The minimum Gasteiger partial charge on any atom is -0.455 e. The van der Waals surface area contributed by atoms with Gasteiger partial charge in [-0.3, -0.25) is 0 Å². The van der Waals surface area contributed by atoms with Crippen molar-refractivity contribution in [2.75, 3.05) is 9.80 Å². The number of nitrogens with zero attached hydrogens (tertiary/aromatic N) is 2. The molecule has 1 aliphatic rings. The molecule has 10 aromatic carbocycles. The lowest BCUT2D eigenvalue weighted by molar-refractivity contribution is 0.489. The smallest absolute Gasteiger partial charge is 0.143 e. The molecule has 0 radical (unpaired) electrons. The van der Waals surface area contributed by atoms with Crippen LogP contribution in [0.25, 0.3) is 55.3 Å². The predicted molar refractivity (Wildman–Crippen MR) is 255 cm³/mol. The van der Waals surface area contributed by atoms with Crippen molar-refractivity contribution in [3.63, 3.8) is 0 Å². The summed E-state index contributed by atoms with van der Waals surface area (Å²) in [6.45, 7) is 0. The predicted octanol–water partition coefficient (Wildman–Crippen LogP) is 16.6. The second kappa shape index (κ2) is 15.6. The van der Waals surface area contributed by atoms with E-state index in [0.29, 0.717) is 0 Å². The van der Waals surface area contributed by atoms with Crippen LogP contribution in [0.3, 0.4) is 0 Å². The van der Waals surface area contributed by atoms with Gasteiger partial charge in [0.1, 0.15) is 11.5 Å². The Kier molecular flexibility index (Phi) is 9.18. The summed E-state index contributed by atoms with van der Waals surface area (Å²) in [5, 5.41) is 2.25. The number of anilines is 6. The number of hydrogen-bond donors (Lipinski definition) is 0. The lowest BCUT2D eigenvalue weighted by atomic mass is 9.90. The van der Waals surface area contributed by atoms with Crippen molar-refractivity contribution in [2.24, 2.45) is 0 Å². The zero-order valence-corrected chi connectivity index (χ0v) is 33.4. The van der Waals surface area contributed by atoms with E-state index in [1.54, 1.807) is 0 Å². The normalized spacial score (nSPS) is 11.4. The van der Waals surface area contributed by atoms with Gasteiger partial charge in [0.2, 0.25) is 0 Å². The Hall–Kier alpha value is -8.14. The SMILES string of the molecule is c1ccc(-c2ccc(N(c3ccc(-c4ccccc4)cc3)c3ccc(-c4cccc5c4Oc4ccc(N(c6ccccc6)c6ccccc6)c6cccc-5c46)cc3)cc2)cc1. The van der Waals surface area contributed by atoms with Crippen LogP contribution in [-0.2, 0) is 0 Å². The molecule has 0 bridgehead atoms. The summed E-state index contributed by atoms with van der Waals surface area (Å²) in [7, 11) is 0. The fraction of sp³-hybridized carbons (Fsp3) is 0. The van der Waals surface area contributed by atoms with Crippen LogP contribution in [0.15, 0.2) is 243 Å². The highest BCUT2D eigenvalue weighted by atomic mass is 16.5. The van der Waals surface area contributed by atoms with Crippen LogP contribution in [0.4, 0.5) is 34.1 Å². The largest absolute Gasteiger partial charge is 0.455 e. The number of fused-ring (bicyclic) bond motifs is 2. The molecule has 288 valence electrons. The van der Waals surface area contributed by atoms with Gasteiger partial charge in [0.05, 0.1) is 5.69 Å². The van der Waals surface area contributed by atoms with E-state index in [9.17, 15) is 0 Å². The molecule has 0 saturated carbocycles. The summed E-state index contributed by atoms with van der Waals surface area (Å²) in [5.74, 6) is 1.73. The van der Waals surface area contributed by atoms with Gasteiger partial charge in [-0.2, -0.15) is 0 Å². The van der Waals surface area contributed by atoms with E-state index in [4.69, 9.17) is 4.74 Å². The summed E-state index contributed by atoms with van der Waals surface area (Å²) >= 11 is 0. The van der Waals surface area contributed by atoms with Crippen LogP contribution in [-0.4, -0.2) is 0 Å². The van der Waals surface area contributed by atoms with Gasteiger partial charge >= 0.3 is 0 Å². The highest BCUT2D eigenvalue weighted by molar-refractivity contribution is 6.11. The van der Waals surface area contributed by atoms with E-state index < -0.39 is 0 Å². The van der Waals surface area contributed by atoms with E-state index in [-0.39, 0.29) is 0 Å². The maximum atomic E-state index is 6.96. The first-order valence-electron chi connectivity index (χ1n) is 20.8. The number of rotatable bonds is 9. The molecule has 0 aliphatic carbocycles. The molecular weight excluding hydrogens is 741 g/mol. The zero-order chi connectivity index (χ0) is 40.5. The Labute approximate surface area is 356 Å². The van der Waals surface area contributed by atoms with Crippen molar-refractivity contribution in [3.8, 4) is 56.0 Å². The van der Waals surface area contributed by atoms with Gasteiger partial charge < -0.3 is 14.5 Å². The first-order chi connectivity index (χ1) is 30.3. The fourth-order valence-corrected chi connectivity index (χ4v) is 8.75. The van der Waals surface area contributed by atoms with E-state index in [1.165, 1.54) is 27.8 Å². The minimum absolute atomic E-state index is 0.857. The summed E-state index contributed by atoms with van der Waals surface area (Å²) in [6.07, 6.45) is 0. The van der Waals surface area contributed by atoms with Gasteiger partial charge in [0, 0.05) is 50.3 Å². The van der Waals surface area contributed by atoms with E-state index >= 15 is 0 Å². The van der Waals surface area contributed by atoms with Gasteiger partial charge in [0.25, 0.3) is 0 Å². The number of benzene rings is 10. The maximum Gasteiger partial charge on any atom is 0.143 e. The van der Waals surface area contributed by atoms with E-state index in [0.717, 1.165) is 73.1 Å². The van der Waals surface area contributed by atoms with Gasteiger partial charge in [-0.25, -0.2) is 0 Å². The lowest BCUT2D eigenvalue weighted by Crippen LogP contribution is -2.11. The summed E-state index contributed by atoms with van der Waals surface area (Å²) in [5.41, 5.74) is 15.7. The first-order valence-corrected chi connectivity index (χ1v) is 20.8. The minimum atomic E-state index is 0.857. The topological polar surface area (TPSA) is 15.7 Å². The van der Waals surface area contributed by atoms with Crippen molar-refractivity contribution in [3.05, 3.63) is 243 Å². The molecule has 1 aliphatic heterocycles. The maximum absolute atomic E-state index is 6.96. The molecule has 11 rings (SSSR count). The molecule has 10 aromatic rings. The van der Waals surface area contributed by atoms with Gasteiger partial charge in [0.15, 0.2) is 0 Å². The Morgan fingerprint density at radius 1 is 0.262 bits per heavy atom. The van der Waals surface area contributed by atoms with Crippen LogP contribution in [0.2, 0.25) is 0 Å². The highest BCUT2D eigenvalue weighted by Crippen LogP contribution is 2.53. The van der Waals surface area contributed by atoms with E-state index in [1.807, 2.05) is 0 Å². The molecule has 0 spiro atoms. The second-order valence-electron chi connectivity index (χ2n) is 15.3. The summed E-state index contributed by atoms with van der Waals surface area (Å²) in [6, 6.07) is 86.2. The molecule has 3 nitrogen and oxygen atoms in total. The molecule has 0 unspecified atom stereocenters. The number of para-hydroxylation sites is 3. The van der Waals surface area contributed by atoms with Crippen molar-refractivity contribution in [1.29, 1.82) is 0 Å². The molecule has 0 N–H and O–H groups in total. The van der Waals surface area contributed by atoms with Crippen LogP contribution in [0.1, 0.15) is 0 Å². The highest BCUT2D eigenvalue weighted by Gasteiger charge is 2.26. The monoisotopic (exact) mass is 780 g/mol. The molecule has 0 saturated heterocycles. The van der Waals surface area contributed by atoms with Crippen molar-refractivity contribution in [1.82, 2.24) is 0 Å². The van der Waals surface area contributed by atoms with Crippen LogP contribution in [0.5, 0.6) is 11.5 Å². The van der Waals surface area contributed by atoms with Gasteiger partial charge in [-0.05, 0) is 106 Å². The molecule has 61 heavy (non-hydrogen) atoms. The Bertz CT molecular complexity index is 2990. The molecule has 0 fully saturated rings. The number of ether oxygens (including phenoxy) is 1. The average Bonchev–Trinajstić information content (AvgIpc) is 3.34. The standard InChI is InChI=1S/C58H40N2O/c1-5-15-41(16-6-1)43-27-33-48(34-28-43)59(49-35-29-44(30-36-49)42-17-7-2-8-18-42)50-37-31-45(32-38-50)51-23-13-25-53-52-24-14-26-54-55(39-40-56(57(52)54)61-58(51)53)60(46-19-9-3-10-20-46)47-21-11-4-12-22-47/h1-40H. The van der Waals surface area contributed by atoms with Crippen molar-refractivity contribution < 1.29 is 4.74 Å². The van der Waals surface area contributed by atoms with Gasteiger partial charge in [-0.1, -0.05) is 170 Å². The molecule has 0 atom stereocenters. The third kappa shape index (κ3) is 6.69. The van der Waals surface area contributed by atoms with Crippen molar-refractivity contribution >= 4 is 44.9 Å².